The molecule has 0 saturated heterocycles. The minimum atomic E-state index is -0.848. The molecule has 0 radical (unpaired) electrons. The van der Waals surface area contributed by atoms with Gasteiger partial charge in [0.25, 0.3) is 0 Å². The summed E-state index contributed by atoms with van der Waals surface area (Å²) in [4.78, 5) is 24.6. The van der Waals surface area contributed by atoms with Crippen LogP contribution in [0.2, 0.25) is 0 Å². The van der Waals surface area contributed by atoms with E-state index in [1.807, 2.05) is 6.08 Å². The average Bonchev–Trinajstić information content (AvgIpc) is 3.44. The smallest absolute Gasteiger partial charge is 0.305 e. The molecule has 0 spiro atoms. The molecule has 0 aliphatic carbocycles. The Kier molecular flexibility index (Phi) is 65.9. The van der Waals surface area contributed by atoms with Gasteiger partial charge in [0.2, 0.25) is 5.91 Å². The van der Waals surface area contributed by atoms with Crippen LogP contribution in [-0.2, 0) is 14.3 Å². The maximum Gasteiger partial charge on any atom is 0.305 e. The van der Waals surface area contributed by atoms with Crippen LogP contribution in [0.5, 0.6) is 0 Å². The fourth-order valence-corrected chi connectivity index (χ4v) is 11.0. The molecule has 0 fully saturated rings. The van der Waals surface area contributed by atoms with Crippen LogP contribution >= 0.6 is 0 Å². The van der Waals surface area contributed by atoms with Crippen molar-refractivity contribution in [2.24, 2.45) is 0 Å². The minimum Gasteiger partial charge on any atom is -0.466 e. The summed E-state index contributed by atoms with van der Waals surface area (Å²) in [5.74, 6) is -0.0631. The molecule has 0 aromatic rings. The van der Waals surface area contributed by atoms with E-state index < -0.39 is 12.1 Å². The van der Waals surface area contributed by atoms with E-state index in [1.165, 1.54) is 308 Å². The molecule has 1 amide bonds. The Morgan fingerprint density at radius 2 is 0.641 bits per heavy atom. The lowest BCUT2D eigenvalue weighted by Gasteiger charge is -2.20. The van der Waals surface area contributed by atoms with Crippen LogP contribution in [0.4, 0.5) is 0 Å². The highest BCUT2D eigenvalue weighted by Gasteiger charge is 2.18. The molecule has 2 atom stereocenters. The van der Waals surface area contributed by atoms with Crippen LogP contribution < -0.4 is 5.32 Å². The van der Waals surface area contributed by atoms with E-state index >= 15 is 0 Å². The van der Waals surface area contributed by atoms with Crippen LogP contribution in [0.3, 0.4) is 0 Å². The second-order valence-electron chi connectivity index (χ2n) is 24.2. The monoisotopic (exact) mass is 1100 g/mol. The van der Waals surface area contributed by atoms with E-state index in [1.54, 1.807) is 6.08 Å². The van der Waals surface area contributed by atoms with Crippen molar-refractivity contribution in [1.29, 1.82) is 0 Å². The lowest BCUT2D eigenvalue weighted by molar-refractivity contribution is -0.143. The van der Waals surface area contributed by atoms with Crippen LogP contribution in [0.15, 0.2) is 36.5 Å². The van der Waals surface area contributed by atoms with Crippen molar-refractivity contribution >= 4 is 11.9 Å². The summed E-state index contributed by atoms with van der Waals surface area (Å²) in [6.07, 6.45) is 86.4. The third kappa shape index (κ3) is 63.3. The molecular weight excluding hydrogens is 959 g/mol. The molecular formula is C72H137NO5. The zero-order valence-corrected chi connectivity index (χ0v) is 52.7. The van der Waals surface area contributed by atoms with Gasteiger partial charge in [-0.15, -0.1) is 0 Å². The normalized spacial score (nSPS) is 12.7. The predicted molar refractivity (Wildman–Crippen MR) is 343 cm³/mol. The zero-order chi connectivity index (χ0) is 56.4. The summed E-state index contributed by atoms with van der Waals surface area (Å²) in [6.45, 7) is 4.91. The summed E-state index contributed by atoms with van der Waals surface area (Å²) >= 11 is 0. The van der Waals surface area contributed by atoms with E-state index in [0.717, 1.165) is 51.4 Å². The molecule has 0 aliphatic rings. The molecule has 2 unspecified atom stereocenters. The van der Waals surface area contributed by atoms with Gasteiger partial charge in [0.1, 0.15) is 0 Å². The first-order chi connectivity index (χ1) is 38.5. The summed E-state index contributed by atoms with van der Waals surface area (Å²) in [7, 11) is 0. The van der Waals surface area contributed by atoms with Gasteiger partial charge in [-0.3, -0.25) is 9.59 Å². The van der Waals surface area contributed by atoms with Gasteiger partial charge in [-0.25, -0.2) is 0 Å². The van der Waals surface area contributed by atoms with Crippen LogP contribution in [0.25, 0.3) is 0 Å². The minimum absolute atomic E-state index is 0.00289. The number of aliphatic hydroxyl groups is 2. The number of ether oxygens (including phenoxy) is 1. The lowest BCUT2D eigenvalue weighted by atomic mass is 10.0. The number of aliphatic hydroxyl groups excluding tert-OH is 2. The first kappa shape index (κ1) is 76.1. The second kappa shape index (κ2) is 67.6. The van der Waals surface area contributed by atoms with E-state index in [0.29, 0.717) is 19.4 Å². The van der Waals surface area contributed by atoms with Gasteiger partial charge < -0.3 is 20.3 Å². The standard InChI is InChI=1S/C72H137NO5/c1-3-5-7-9-11-13-15-17-19-21-22-23-24-25-26-29-33-36-40-44-48-52-56-60-64-70(75)69(68-74)73-71(76)65-61-57-53-49-45-41-37-34-30-27-28-31-35-39-43-47-51-55-59-63-67-78-72(77)66-62-58-54-50-46-42-38-32-20-18-16-14-12-10-8-6-4-2/h12,14,18,20,60,64,69-70,74-75H,3-11,13,15-17,19,21-59,61-63,65-68H2,1-2H3,(H,73,76)/b14-12-,20-18-,64-60+. The Hall–Kier alpha value is -1.92. The van der Waals surface area contributed by atoms with E-state index in [2.05, 4.69) is 43.5 Å². The van der Waals surface area contributed by atoms with Crippen molar-refractivity contribution in [2.45, 2.75) is 398 Å². The number of hydrogen-bond acceptors (Lipinski definition) is 5. The van der Waals surface area contributed by atoms with Gasteiger partial charge in [-0.05, 0) is 64.2 Å². The fourth-order valence-electron chi connectivity index (χ4n) is 11.0. The molecule has 0 aromatic heterocycles. The van der Waals surface area contributed by atoms with Crippen molar-refractivity contribution in [3.8, 4) is 0 Å². The number of nitrogens with one attached hydrogen (secondary N) is 1. The van der Waals surface area contributed by atoms with Gasteiger partial charge in [-0.1, -0.05) is 346 Å². The second-order valence-corrected chi connectivity index (χ2v) is 24.2. The molecule has 0 heterocycles. The summed E-state index contributed by atoms with van der Waals surface area (Å²) in [5, 5.41) is 23.3. The Bertz CT molecular complexity index is 1260. The number of carbonyl (C=O) groups excluding carboxylic acids is 2. The maximum atomic E-state index is 12.5. The highest BCUT2D eigenvalue weighted by molar-refractivity contribution is 5.76. The average molecular weight is 1100 g/mol. The Morgan fingerprint density at radius 1 is 0.359 bits per heavy atom. The molecule has 0 aromatic carbocycles. The summed E-state index contributed by atoms with van der Waals surface area (Å²) in [6, 6.07) is -0.631. The molecule has 0 saturated carbocycles. The van der Waals surface area contributed by atoms with Crippen LogP contribution in [-0.4, -0.2) is 47.4 Å². The van der Waals surface area contributed by atoms with Crippen molar-refractivity contribution in [3.63, 3.8) is 0 Å². The van der Waals surface area contributed by atoms with Gasteiger partial charge in [-0.2, -0.15) is 0 Å². The number of esters is 1. The fraction of sp³-hybridized carbons (Fsp3) is 0.889. The van der Waals surface area contributed by atoms with Crippen molar-refractivity contribution in [1.82, 2.24) is 5.32 Å². The SMILES string of the molecule is CCCCC/C=C\C/C=C\CCCCCCCCCC(=O)OCCCCCCCCCCCCCCCCCCCCCCC(=O)NC(CO)C(O)/C=C/CCCCCCCCCCCCCCCCCCCCCCCC. The third-order valence-corrected chi connectivity index (χ3v) is 16.4. The number of rotatable bonds is 66. The molecule has 0 aliphatic heterocycles. The van der Waals surface area contributed by atoms with Crippen molar-refractivity contribution < 1.29 is 24.5 Å². The largest absolute Gasteiger partial charge is 0.466 e. The summed E-state index contributed by atoms with van der Waals surface area (Å²) in [5.41, 5.74) is 0. The topological polar surface area (TPSA) is 95.9 Å². The van der Waals surface area contributed by atoms with Crippen LogP contribution in [0.1, 0.15) is 386 Å². The van der Waals surface area contributed by atoms with Crippen molar-refractivity contribution in [3.05, 3.63) is 36.5 Å². The lowest BCUT2D eigenvalue weighted by Crippen LogP contribution is -2.45. The molecule has 78 heavy (non-hydrogen) atoms. The number of amides is 1. The summed E-state index contributed by atoms with van der Waals surface area (Å²) < 4.78 is 5.49. The first-order valence-corrected chi connectivity index (χ1v) is 35.3. The van der Waals surface area contributed by atoms with E-state index in [-0.39, 0.29) is 18.5 Å². The third-order valence-electron chi connectivity index (χ3n) is 16.4. The molecule has 3 N–H and O–H groups in total. The first-order valence-electron chi connectivity index (χ1n) is 35.3. The molecule has 6 heteroatoms. The van der Waals surface area contributed by atoms with Gasteiger partial charge in [0.05, 0.1) is 25.4 Å². The predicted octanol–water partition coefficient (Wildman–Crippen LogP) is 22.7. The Morgan fingerprint density at radius 3 is 1.00 bits per heavy atom. The molecule has 0 bridgehead atoms. The van der Waals surface area contributed by atoms with E-state index in [4.69, 9.17) is 4.74 Å². The number of carbonyl (C=O) groups is 2. The van der Waals surface area contributed by atoms with Crippen LogP contribution in [0, 0.1) is 0 Å². The highest BCUT2D eigenvalue weighted by atomic mass is 16.5. The number of allylic oxidation sites excluding steroid dienone is 5. The Labute approximate surface area is 487 Å². The molecule has 6 nitrogen and oxygen atoms in total. The Balaban J connectivity index is 3.42. The van der Waals surface area contributed by atoms with Crippen molar-refractivity contribution in [2.75, 3.05) is 13.2 Å². The highest BCUT2D eigenvalue weighted by Crippen LogP contribution is 2.19. The van der Waals surface area contributed by atoms with Gasteiger partial charge in [0, 0.05) is 12.8 Å². The number of unbranched alkanes of at least 4 members (excludes halogenated alkanes) is 51. The molecule has 0 rings (SSSR count). The molecule has 460 valence electrons. The van der Waals surface area contributed by atoms with Gasteiger partial charge in [0.15, 0.2) is 0 Å². The van der Waals surface area contributed by atoms with E-state index in [9.17, 15) is 19.8 Å². The zero-order valence-electron chi connectivity index (χ0n) is 52.7. The maximum absolute atomic E-state index is 12.5. The quantitative estimate of drug-likeness (QED) is 0.0320. The van der Waals surface area contributed by atoms with Gasteiger partial charge >= 0.3 is 5.97 Å². The number of hydrogen-bond donors (Lipinski definition) is 3.